The van der Waals surface area contributed by atoms with Crippen molar-refractivity contribution in [2.45, 2.75) is 6.92 Å². The van der Waals surface area contributed by atoms with Crippen molar-refractivity contribution in [3.8, 4) is 17.1 Å². The molecule has 3 aromatic rings. The van der Waals surface area contributed by atoms with Gasteiger partial charge in [-0.25, -0.2) is 4.39 Å². The molecule has 1 aromatic heterocycles. The molecule has 0 unspecified atom stereocenters. The van der Waals surface area contributed by atoms with Crippen LogP contribution in [0.5, 0.6) is 0 Å². The average molecular weight is 348 g/mol. The number of aromatic nitrogens is 4. The third-order valence-corrected chi connectivity index (χ3v) is 3.72. The molecule has 106 valence electrons. The van der Waals surface area contributed by atoms with E-state index in [-0.39, 0.29) is 5.82 Å². The number of nitrogens with two attached hydrogens (primary N) is 1. The fourth-order valence-corrected chi connectivity index (χ4v) is 2.31. The summed E-state index contributed by atoms with van der Waals surface area (Å²) in [5.74, 6) is 0.168. The molecule has 3 rings (SSSR count). The molecule has 0 radical (unpaired) electrons. The second-order valence-electron chi connectivity index (χ2n) is 4.64. The summed E-state index contributed by atoms with van der Waals surface area (Å²) in [5.41, 5.74) is 8.57. The van der Waals surface area contributed by atoms with Crippen molar-refractivity contribution < 1.29 is 4.39 Å². The van der Waals surface area contributed by atoms with E-state index >= 15 is 0 Å². The van der Waals surface area contributed by atoms with E-state index in [1.807, 2.05) is 25.1 Å². The molecule has 5 nitrogen and oxygen atoms in total. The summed E-state index contributed by atoms with van der Waals surface area (Å²) in [5, 5.41) is 11.6. The molecule has 0 atom stereocenters. The van der Waals surface area contributed by atoms with E-state index in [2.05, 4.69) is 31.5 Å². The van der Waals surface area contributed by atoms with E-state index in [0.29, 0.717) is 17.2 Å². The molecule has 0 aliphatic carbocycles. The van der Waals surface area contributed by atoms with Crippen LogP contribution in [0.1, 0.15) is 5.56 Å². The predicted octanol–water partition coefficient (Wildman–Crippen LogP) is 3.12. The minimum atomic E-state index is -0.332. The first-order chi connectivity index (χ1) is 10.0. The summed E-state index contributed by atoms with van der Waals surface area (Å²) < 4.78 is 15.8. The molecule has 0 saturated heterocycles. The van der Waals surface area contributed by atoms with Gasteiger partial charge in [0, 0.05) is 15.7 Å². The molecule has 0 aliphatic heterocycles. The largest absolute Gasteiger partial charge is 0.398 e. The Hall–Kier alpha value is -2.28. The summed E-state index contributed by atoms with van der Waals surface area (Å²) in [6.45, 7) is 1.81. The topological polar surface area (TPSA) is 69.6 Å². The van der Waals surface area contributed by atoms with E-state index in [1.165, 1.54) is 16.8 Å². The van der Waals surface area contributed by atoms with Gasteiger partial charge in [-0.05, 0) is 75.2 Å². The summed E-state index contributed by atoms with van der Waals surface area (Å²) >= 11 is 3.34. The van der Waals surface area contributed by atoms with Crippen LogP contribution in [0.3, 0.4) is 0 Å². The van der Waals surface area contributed by atoms with Crippen molar-refractivity contribution in [1.82, 2.24) is 20.2 Å². The summed E-state index contributed by atoms with van der Waals surface area (Å²) in [4.78, 5) is 0. The van der Waals surface area contributed by atoms with Crippen molar-refractivity contribution in [2.75, 3.05) is 5.73 Å². The van der Waals surface area contributed by atoms with Gasteiger partial charge in [0.15, 0.2) is 5.82 Å². The fourth-order valence-electron chi connectivity index (χ4n) is 2.06. The highest BCUT2D eigenvalue weighted by Crippen LogP contribution is 2.27. The number of tetrazole rings is 1. The van der Waals surface area contributed by atoms with Crippen LogP contribution in [-0.2, 0) is 0 Å². The summed E-state index contributed by atoms with van der Waals surface area (Å²) in [6, 6.07) is 10.1. The van der Waals surface area contributed by atoms with Crippen molar-refractivity contribution in [3.63, 3.8) is 0 Å². The van der Waals surface area contributed by atoms with E-state index < -0.39 is 0 Å². The molecular weight excluding hydrogens is 337 g/mol. The monoisotopic (exact) mass is 347 g/mol. The zero-order valence-electron chi connectivity index (χ0n) is 11.1. The van der Waals surface area contributed by atoms with Crippen LogP contribution in [-0.4, -0.2) is 20.2 Å². The predicted molar refractivity (Wildman–Crippen MR) is 81.4 cm³/mol. The van der Waals surface area contributed by atoms with Crippen molar-refractivity contribution in [1.29, 1.82) is 0 Å². The van der Waals surface area contributed by atoms with Gasteiger partial charge < -0.3 is 5.73 Å². The number of nitrogens with zero attached hydrogens (tertiary/aromatic N) is 4. The smallest absolute Gasteiger partial charge is 0.187 e. The molecule has 0 saturated carbocycles. The van der Waals surface area contributed by atoms with Crippen LogP contribution in [0.2, 0.25) is 0 Å². The van der Waals surface area contributed by atoms with Gasteiger partial charge in [0.1, 0.15) is 5.82 Å². The van der Waals surface area contributed by atoms with Crippen LogP contribution in [0.4, 0.5) is 10.1 Å². The molecule has 0 fully saturated rings. The second-order valence-corrected chi connectivity index (χ2v) is 5.49. The van der Waals surface area contributed by atoms with Gasteiger partial charge in [-0.3, -0.25) is 0 Å². The normalized spacial score (nSPS) is 10.8. The second kappa shape index (κ2) is 5.25. The van der Waals surface area contributed by atoms with Crippen molar-refractivity contribution in [2.24, 2.45) is 0 Å². The quantitative estimate of drug-likeness (QED) is 0.723. The highest BCUT2D eigenvalue weighted by atomic mass is 79.9. The number of hydrogen-bond donors (Lipinski definition) is 1. The van der Waals surface area contributed by atoms with Crippen LogP contribution < -0.4 is 5.73 Å². The van der Waals surface area contributed by atoms with Gasteiger partial charge in [0.2, 0.25) is 0 Å². The lowest BCUT2D eigenvalue weighted by Gasteiger charge is -2.07. The zero-order chi connectivity index (χ0) is 15.0. The third-order valence-electron chi connectivity index (χ3n) is 3.00. The Labute approximate surface area is 128 Å². The van der Waals surface area contributed by atoms with E-state index in [0.717, 1.165) is 15.6 Å². The maximum absolute atomic E-state index is 13.6. The Morgan fingerprint density at radius 2 is 2.00 bits per heavy atom. The Morgan fingerprint density at radius 3 is 2.71 bits per heavy atom. The number of rotatable bonds is 2. The van der Waals surface area contributed by atoms with E-state index in [1.54, 1.807) is 6.07 Å². The molecular formula is C14H11BrFN5. The molecule has 7 heteroatoms. The number of anilines is 1. The maximum Gasteiger partial charge on any atom is 0.187 e. The lowest BCUT2D eigenvalue weighted by Crippen LogP contribution is -2.01. The first kappa shape index (κ1) is 13.7. The molecule has 1 heterocycles. The number of benzene rings is 2. The van der Waals surface area contributed by atoms with Crippen LogP contribution in [0.25, 0.3) is 17.1 Å². The van der Waals surface area contributed by atoms with Crippen molar-refractivity contribution in [3.05, 3.63) is 52.3 Å². The number of halogens is 2. The molecule has 21 heavy (non-hydrogen) atoms. The van der Waals surface area contributed by atoms with Gasteiger partial charge in [-0.15, -0.1) is 5.10 Å². The first-order valence-electron chi connectivity index (χ1n) is 6.16. The Balaban J connectivity index is 2.14. The molecule has 2 N–H and O–H groups in total. The lowest BCUT2D eigenvalue weighted by molar-refractivity contribution is 0.623. The van der Waals surface area contributed by atoms with Crippen LogP contribution >= 0.6 is 15.9 Å². The van der Waals surface area contributed by atoms with Gasteiger partial charge in [0.05, 0.1) is 5.69 Å². The SMILES string of the molecule is Cc1cc(F)cc(-n2nnnc2-c2ccc(Br)c(N)c2)c1. The minimum absolute atomic E-state index is 0.332. The molecule has 0 bridgehead atoms. The van der Waals surface area contributed by atoms with Gasteiger partial charge >= 0.3 is 0 Å². The summed E-state index contributed by atoms with van der Waals surface area (Å²) in [6.07, 6.45) is 0. The number of nitrogen functional groups attached to an aromatic ring is 1. The Morgan fingerprint density at radius 1 is 1.19 bits per heavy atom. The van der Waals surface area contributed by atoms with Gasteiger partial charge in [-0.1, -0.05) is 0 Å². The molecule has 2 aromatic carbocycles. The maximum atomic E-state index is 13.6. The van der Waals surface area contributed by atoms with E-state index in [4.69, 9.17) is 5.73 Å². The Bertz CT molecular complexity index is 795. The van der Waals surface area contributed by atoms with Crippen molar-refractivity contribution >= 4 is 21.6 Å². The number of aryl methyl sites for hydroxylation is 1. The van der Waals surface area contributed by atoms with Gasteiger partial charge in [-0.2, -0.15) is 4.68 Å². The first-order valence-corrected chi connectivity index (χ1v) is 6.95. The summed E-state index contributed by atoms with van der Waals surface area (Å²) in [7, 11) is 0. The highest BCUT2D eigenvalue weighted by molar-refractivity contribution is 9.10. The zero-order valence-corrected chi connectivity index (χ0v) is 12.7. The molecule has 0 amide bonds. The fraction of sp³-hybridized carbons (Fsp3) is 0.0714. The number of hydrogen-bond acceptors (Lipinski definition) is 4. The molecule has 0 spiro atoms. The lowest BCUT2D eigenvalue weighted by atomic mass is 10.1. The average Bonchev–Trinajstić information content (AvgIpc) is 2.90. The van der Waals surface area contributed by atoms with Crippen LogP contribution in [0, 0.1) is 12.7 Å². The molecule has 0 aliphatic rings. The third kappa shape index (κ3) is 2.64. The van der Waals surface area contributed by atoms with E-state index in [9.17, 15) is 4.39 Å². The van der Waals surface area contributed by atoms with Crippen LogP contribution in [0.15, 0.2) is 40.9 Å². The standard InChI is InChI=1S/C14H11BrFN5/c1-8-4-10(16)7-11(5-8)21-14(18-19-20-21)9-2-3-12(15)13(17)6-9/h2-7H,17H2,1H3. The minimum Gasteiger partial charge on any atom is -0.398 e. The van der Waals surface area contributed by atoms with Gasteiger partial charge in [0.25, 0.3) is 0 Å². The Kier molecular flexibility index (Phi) is 3.42. The highest BCUT2D eigenvalue weighted by Gasteiger charge is 2.13.